The smallest absolute Gasteiger partial charge is 0.268 e. The molecule has 392 valence electrons. The van der Waals surface area contributed by atoms with E-state index in [-0.39, 0.29) is 52.2 Å². The molecule has 0 unspecified atom stereocenters. The van der Waals surface area contributed by atoms with Crippen LogP contribution in [-0.4, -0.2) is 95.8 Å². The van der Waals surface area contributed by atoms with Gasteiger partial charge in [-0.3, -0.25) is 9.59 Å². The molecule has 2 fully saturated rings. The minimum absolute atomic E-state index is 0. The number of anilines is 5. The predicted octanol–water partition coefficient (Wildman–Crippen LogP) is 8.19. The molecular formula is C50H72FN13O6S2. The zero-order valence-corrected chi connectivity index (χ0v) is 43.1. The number of rotatable bonds is 13. The fourth-order valence-corrected chi connectivity index (χ4v) is 11.5. The van der Waals surface area contributed by atoms with E-state index in [0.29, 0.717) is 59.3 Å². The van der Waals surface area contributed by atoms with Gasteiger partial charge in [0, 0.05) is 58.2 Å². The molecule has 8 rings (SSSR count). The Hall–Kier alpha value is -7.33. The number of amides is 2. The van der Waals surface area contributed by atoms with E-state index < -0.39 is 37.8 Å². The van der Waals surface area contributed by atoms with Crippen molar-refractivity contribution in [1.29, 1.82) is 0 Å². The molecule has 6 aromatic heterocycles. The molecule has 2 aliphatic heterocycles. The van der Waals surface area contributed by atoms with Gasteiger partial charge in [-0.25, -0.2) is 56.2 Å². The number of sulfonamides is 2. The summed E-state index contributed by atoms with van der Waals surface area (Å²) in [5.41, 5.74) is 13.0. The average Bonchev–Trinajstić information content (AvgIpc) is 3.78. The molecule has 6 N–H and O–H groups in total. The summed E-state index contributed by atoms with van der Waals surface area (Å²) in [6, 6.07) is 21.9. The maximum absolute atomic E-state index is 13.7. The lowest BCUT2D eigenvalue weighted by Crippen LogP contribution is -2.41. The van der Waals surface area contributed by atoms with Gasteiger partial charge in [0.2, 0.25) is 5.95 Å². The summed E-state index contributed by atoms with van der Waals surface area (Å²) in [4.78, 5) is 58.1. The maximum atomic E-state index is 13.7. The van der Waals surface area contributed by atoms with Gasteiger partial charge in [0.15, 0.2) is 0 Å². The molecule has 2 amide bonds. The normalized spacial score (nSPS) is 17.2. The van der Waals surface area contributed by atoms with Crippen LogP contribution < -0.4 is 35.6 Å². The van der Waals surface area contributed by atoms with Crippen LogP contribution >= 0.6 is 0 Å². The molecule has 2 aliphatic rings. The Kier molecular flexibility index (Phi) is 15.2. The van der Waals surface area contributed by atoms with Crippen LogP contribution in [-0.2, 0) is 20.0 Å². The lowest BCUT2D eigenvalue weighted by molar-refractivity contribution is 0.0972. The third-order valence-corrected chi connectivity index (χ3v) is 15.3. The van der Waals surface area contributed by atoms with Gasteiger partial charge in [0.25, 0.3) is 31.9 Å². The van der Waals surface area contributed by atoms with Crippen molar-refractivity contribution < 1.29 is 39.4 Å². The Bertz CT molecular complexity index is 3260. The van der Waals surface area contributed by atoms with Gasteiger partial charge in [-0.1, -0.05) is 26.0 Å². The van der Waals surface area contributed by atoms with E-state index in [0.717, 1.165) is 31.7 Å². The molecule has 6 aromatic rings. The molecule has 8 heterocycles. The number of nitrogen functional groups attached to an aromatic ring is 2. The molecule has 2 atom stereocenters. The molecule has 0 radical (unpaired) electrons. The topological polar surface area (TPSA) is 266 Å². The number of pyridine rings is 6. The highest BCUT2D eigenvalue weighted by Gasteiger charge is 2.41. The summed E-state index contributed by atoms with van der Waals surface area (Å²) < 4.78 is 69.6. The zero-order chi connectivity index (χ0) is 52.3. The van der Waals surface area contributed by atoms with Crippen molar-refractivity contribution in [2.45, 2.75) is 89.1 Å². The Morgan fingerprint density at radius 2 is 1.06 bits per heavy atom. The number of carbonyl (C=O) groups is 2. The first-order valence-corrected chi connectivity index (χ1v) is 26.4. The van der Waals surface area contributed by atoms with E-state index in [1.807, 2.05) is 36.9 Å². The van der Waals surface area contributed by atoms with E-state index in [4.69, 9.17) is 21.4 Å². The quantitative estimate of drug-likeness (QED) is 0.0794. The monoisotopic (exact) mass is 1030 g/mol. The number of nitrogens with two attached hydrogens (primary N) is 2. The molecule has 19 nitrogen and oxygen atoms in total. The molecule has 0 aliphatic carbocycles. The SMILES string of the molecule is CCN(CC)c1cccc(-c2ccc(C(=O)NS(=O)(=O)c3cccnc3N)c(N3C[C@@H](C)CC3(C)C)n2)n1.C[C@@H]1CN(c2nc(-c3cccc(F)n3)ccc2C(=O)NS(=O)(=O)c2cccnc2N)C(C)(C)C1.[HH].[HH].[HH].[HH].[HH].[HH]. The van der Waals surface area contributed by atoms with Gasteiger partial charge >= 0.3 is 0 Å². The first-order valence-electron chi connectivity index (χ1n) is 23.4. The third-order valence-electron chi connectivity index (χ3n) is 12.6. The average molecular weight is 1030 g/mol. The highest BCUT2D eigenvalue weighted by Crippen LogP contribution is 2.40. The van der Waals surface area contributed by atoms with Crippen LogP contribution in [0.1, 0.15) is 97.5 Å². The standard InChI is InChI=1S/C27H35N7O3S.C23H25FN6O3S.6H2/c1-6-33(7-2)23-12-8-10-20(30-23)21-14-13-19(25(31-21)34-17-18(3)16-27(34,4)5)26(35)32-38(36,37)22-11-9-15-29-24(22)28;1-14-12-23(2,3)30(13-14)21-15(9-10-17(28-21)16-6-4-8-19(24)27-16)22(31)29-34(32,33)18-7-5-11-26-20(18)25;;;;;;/h8-15,18H,6-7,16-17H2,1-5H3,(H2,28,29)(H,32,35);4-11,14H,12-13H2,1-3H3,(H2,25,26)(H,29,31);6*1H/t18-;14-;;;;;;/m00....../s1. The minimum Gasteiger partial charge on any atom is -0.383 e. The van der Waals surface area contributed by atoms with Crippen molar-refractivity contribution in [3.8, 4) is 22.8 Å². The van der Waals surface area contributed by atoms with Crippen molar-refractivity contribution in [2.75, 3.05) is 52.3 Å². The molecule has 0 aromatic carbocycles. The number of halogens is 1. The van der Waals surface area contributed by atoms with Crippen molar-refractivity contribution in [3.05, 3.63) is 114 Å². The van der Waals surface area contributed by atoms with Crippen LogP contribution in [0.25, 0.3) is 22.8 Å². The largest absolute Gasteiger partial charge is 0.383 e. The third kappa shape index (κ3) is 11.4. The number of nitrogens with one attached hydrogen (secondary N) is 2. The van der Waals surface area contributed by atoms with Crippen LogP contribution in [0.15, 0.2) is 107 Å². The van der Waals surface area contributed by atoms with Gasteiger partial charge in [-0.2, -0.15) is 4.39 Å². The zero-order valence-electron chi connectivity index (χ0n) is 41.5. The van der Waals surface area contributed by atoms with Gasteiger partial charge in [0.1, 0.15) is 38.9 Å². The van der Waals surface area contributed by atoms with E-state index >= 15 is 0 Å². The fraction of sp³-hybridized carbons (Fsp3) is 0.360. The Morgan fingerprint density at radius 1 is 0.639 bits per heavy atom. The van der Waals surface area contributed by atoms with Crippen LogP contribution in [0.4, 0.5) is 33.5 Å². The number of aromatic nitrogens is 6. The number of carbonyl (C=O) groups excluding carboxylic acids is 2. The lowest BCUT2D eigenvalue weighted by atomic mass is 9.97. The van der Waals surface area contributed by atoms with Gasteiger partial charge in [-0.05, 0) is 139 Å². The molecule has 72 heavy (non-hydrogen) atoms. The molecule has 22 heteroatoms. The van der Waals surface area contributed by atoms with Crippen LogP contribution in [0.3, 0.4) is 0 Å². The van der Waals surface area contributed by atoms with Crippen LogP contribution in [0, 0.1) is 17.8 Å². The predicted molar refractivity (Wildman–Crippen MR) is 288 cm³/mol. The first-order chi connectivity index (χ1) is 33.9. The van der Waals surface area contributed by atoms with E-state index in [1.165, 1.54) is 60.9 Å². The molecule has 0 saturated carbocycles. The lowest BCUT2D eigenvalue weighted by Gasteiger charge is -2.34. The Labute approximate surface area is 428 Å². The molecule has 0 bridgehead atoms. The Balaban J connectivity index is 0.000000728. The minimum atomic E-state index is -4.28. The maximum Gasteiger partial charge on any atom is 0.268 e. The summed E-state index contributed by atoms with van der Waals surface area (Å²) in [5.74, 6) is -0.466. The van der Waals surface area contributed by atoms with Gasteiger partial charge < -0.3 is 26.2 Å². The number of hydrogen-bond acceptors (Lipinski definition) is 17. The summed E-state index contributed by atoms with van der Waals surface area (Å²) in [7, 11) is -8.53. The molecule has 0 spiro atoms. The highest BCUT2D eigenvalue weighted by molar-refractivity contribution is 7.90. The number of hydrogen-bond donors (Lipinski definition) is 4. The second-order valence-corrected chi connectivity index (χ2v) is 22.4. The molecular weight excluding hydrogens is 962 g/mol. The van der Waals surface area contributed by atoms with Crippen LogP contribution in [0.2, 0.25) is 0 Å². The highest BCUT2D eigenvalue weighted by atomic mass is 32.2. The summed E-state index contributed by atoms with van der Waals surface area (Å²) in [5, 5.41) is 0. The van der Waals surface area contributed by atoms with Crippen molar-refractivity contribution >= 4 is 61.0 Å². The van der Waals surface area contributed by atoms with Crippen molar-refractivity contribution in [3.63, 3.8) is 0 Å². The summed E-state index contributed by atoms with van der Waals surface area (Å²) in [6.45, 7) is 19.6. The summed E-state index contributed by atoms with van der Waals surface area (Å²) >= 11 is 0. The van der Waals surface area contributed by atoms with E-state index in [1.54, 1.807) is 18.2 Å². The second-order valence-electron chi connectivity index (χ2n) is 19.1. The Morgan fingerprint density at radius 3 is 1.44 bits per heavy atom. The summed E-state index contributed by atoms with van der Waals surface area (Å²) in [6.07, 6.45) is 4.49. The number of nitrogens with zero attached hydrogens (tertiary/aromatic N) is 9. The van der Waals surface area contributed by atoms with E-state index in [9.17, 15) is 30.8 Å². The van der Waals surface area contributed by atoms with Crippen molar-refractivity contribution in [1.82, 2.24) is 39.3 Å². The van der Waals surface area contributed by atoms with Crippen LogP contribution in [0.5, 0.6) is 0 Å². The van der Waals surface area contributed by atoms with Gasteiger partial charge in [-0.15, -0.1) is 0 Å². The van der Waals surface area contributed by atoms with Gasteiger partial charge in [0.05, 0.1) is 33.9 Å². The van der Waals surface area contributed by atoms with E-state index in [2.05, 4.69) is 80.7 Å². The molecule has 2 saturated heterocycles. The van der Waals surface area contributed by atoms with Crippen molar-refractivity contribution in [2.24, 2.45) is 11.8 Å². The second kappa shape index (κ2) is 20.8. The first kappa shape index (κ1) is 52.5. The fourth-order valence-electron chi connectivity index (χ4n) is 9.43.